The fourth-order valence-corrected chi connectivity index (χ4v) is 4.25. The molecule has 2 aromatic heterocycles. The van der Waals surface area contributed by atoms with Crippen LogP contribution in [0.5, 0.6) is 0 Å². The summed E-state index contributed by atoms with van der Waals surface area (Å²) in [5, 5.41) is 3.91. The normalized spacial score (nSPS) is 24.4. The number of pyridine rings is 2. The summed E-state index contributed by atoms with van der Waals surface area (Å²) in [7, 11) is 0. The van der Waals surface area contributed by atoms with Crippen molar-refractivity contribution in [3.8, 4) is 0 Å². The number of alkyl halides is 1. The molecule has 0 radical (unpaired) electrons. The standard InChI is InChI=1S/C23H23FN4O/c24-23(18-6-2-1-3-7-18)15-20(23)27-22(29)28-13-10-16(11-14-28)19-9-8-17-5-4-12-25-21(17)26-19/h1-9,12,16,20H,10-11,13-15H2,(H,27,29). The highest BCUT2D eigenvalue weighted by Crippen LogP contribution is 2.49. The lowest BCUT2D eigenvalue weighted by atomic mass is 9.93. The molecular weight excluding hydrogens is 367 g/mol. The molecule has 3 heterocycles. The van der Waals surface area contributed by atoms with Gasteiger partial charge in [-0.15, -0.1) is 0 Å². The molecule has 2 aliphatic rings. The number of fused-ring (bicyclic) bond motifs is 1. The van der Waals surface area contributed by atoms with Crippen LogP contribution in [0.4, 0.5) is 9.18 Å². The summed E-state index contributed by atoms with van der Waals surface area (Å²) in [5.41, 5.74) is 1.00. The van der Waals surface area contributed by atoms with E-state index in [9.17, 15) is 9.18 Å². The number of halogens is 1. The number of nitrogens with one attached hydrogen (secondary N) is 1. The molecular formula is C23H23FN4O. The van der Waals surface area contributed by atoms with E-state index in [4.69, 9.17) is 4.98 Å². The van der Waals surface area contributed by atoms with Gasteiger partial charge in [-0.3, -0.25) is 0 Å². The minimum absolute atomic E-state index is 0.169. The van der Waals surface area contributed by atoms with E-state index in [2.05, 4.69) is 22.4 Å². The summed E-state index contributed by atoms with van der Waals surface area (Å²) in [6.07, 6.45) is 3.79. The van der Waals surface area contributed by atoms with Crippen molar-refractivity contribution in [2.24, 2.45) is 0 Å². The van der Waals surface area contributed by atoms with Crippen LogP contribution in [-0.4, -0.2) is 40.0 Å². The van der Waals surface area contributed by atoms with Gasteiger partial charge in [0.15, 0.2) is 11.3 Å². The van der Waals surface area contributed by atoms with Crippen LogP contribution in [0.3, 0.4) is 0 Å². The first-order valence-corrected chi connectivity index (χ1v) is 10.1. The third kappa shape index (κ3) is 3.43. The number of carbonyl (C=O) groups excluding carboxylic acids is 1. The minimum atomic E-state index is -1.43. The molecule has 1 saturated heterocycles. The number of amides is 2. The van der Waals surface area contributed by atoms with Gasteiger partial charge in [0.05, 0.1) is 6.04 Å². The van der Waals surface area contributed by atoms with Gasteiger partial charge in [-0.25, -0.2) is 19.2 Å². The number of nitrogens with zero attached hydrogens (tertiary/aromatic N) is 3. The average molecular weight is 390 g/mol. The van der Waals surface area contributed by atoms with E-state index in [1.165, 1.54) is 0 Å². The molecule has 5 nitrogen and oxygen atoms in total. The lowest BCUT2D eigenvalue weighted by molar-refractivity contribution is 0.176. The van der Waals surface area contributed by atoms with Crippen molar-refractivity contribution in [2.75, 3.05) is 13.1 Å². The zero-order chi connectivity index (χ0) is 19.8. The number of benzene rings is 1. The predicted octanol–water partition coefficient (Wildman–Crippen LogP) is 4.16. The molecule has 1 N–H and O–H groups in total. The van der Waals surface area contributed by atoms with Gasteiger partial charge in [0, 0.05) is 42.7 Å². The van der Waals surface area contributed by atoms with E-state index >= 15 is 0 Å². The van der Waals surface area contributed by atoms with E-state index in [0.29, 0.717) is 31.0 Å². The van der Waals surface area contributed by atoms with E-state index in [1.807, 2.05) is 30.3 Å². The quantitative estimate of drug-likeness (QED) is 0.731. The molecule has 2 fully saturated rings. The number of aromatic nitrogens is 2. The van der Waals surface area contributed by atoms with Gasteiger partial charge in [0.2, 0.25) is 0 Å². The van der Waals surface area contributed by atoms with Gasteiger partial charge in [0.25, 0.3) is 0 Å². The molecule has 5 rings (SSSR count). The summed E-state index contributed by atoms with van der Waals surface area (Å²) >= 11 is 0. The van der Waals surface area contributed by atoms with Crippen molar-refractivity contribution in [3.63, 3.8) is 0 Å². The summed E-state index contributed by atoms with van der Waals surface area (Å²) in [5.74, 6) is 0.316. The Bertz CT molecular complexity index is 1040. The van der Waals surface area contributed by atoms with E-state index in [1.54, 1.807) is 23.2 Å². The third-order valence-electron chi connectivity index (χ3n) is 6.13. The Kier molecular flexibility index (Phi) is 4.42. The predicted molar refractivity (Wildman–Crippen MR) is 109 cm³/mol. The molecule has 2 atom stereocenters. The Balaban J connectivity index is 1.18. The first-order chi connectivity index (χ1) is 14.1. The van der Waals surface area contributed by atoms with Crippen molar-refractivity contribution in [1.82, 2.24) is 20.2 Å². The lowest BCUT2D eigenvalue weighted by Crippen LogP contribution is -2.45. The molecule has 1 aliphatic heterocycles. The van der Waals surface area contributed by atoms with Crippen LogP contribution < -0.4 is 5.32 Å². The third-order valence-corrected chi connectivity index (χ3v) is 6.13. The number of hydrogen-bond acceptors (Lipinski definition) is 3. The molecule has 0 bridgehead atoms. The van der Waals surface area contributed by atoms with Crippen LogP contribution in [0, 0.1) is 0 Å². The maximum absolute atomic E-state index is 15.0. The molecule has 2 amide bonds. The molecule has 148 valence electrons. The second-order valence-electron chi connectivity index (χ2n) is 7.98. The summed E-state index contributed by atoms with van der Waals surface area (Å²) in [4.78, 5) is 23.4. The van der Waals surface area contributed by atoms with Gasteiger partial charge < -0.3 is 10.2 Å². The molecule has 2 unspecified atom stereocenters. The van der Waals surface area contributed by atoms with Crippen LogP contribution in [0.15, 0.2) is 60.8 Å². The van der Waals surface area contributed by atoms with Crippen molar-refractivity contribution >= 4 is 17.1 Å². The van der Waals surface area contributed by atoms with Crippen LogP contribution in [0.25, 0.3) is 11.0 Å². The summed E-state index contributed by atoms with van der Waals surface area (Å²) in [6, 6.07) is 16.5. The number of carbonyl (C=O) groups is 1. The molecule has 1 aromatic carbocycles. The van der Waals surface area contributed by atoms with Crippen LogP contribution in [0.2, 0.25) is 0 Å². The molecule has 1 aliphatic carbocycles. The highest BCUT2D eigenvalue weighted by Gasteiger charge is 2.57. The van der Waals surface area contributed by atoms with Gasteiger partial charge in [-0.05, 0) is 42.7 Å². The summed E-state index contributed by atoms with van der Waals surface area (Å²) < 4.78 is 15.0. The number of piperidine rings is 1. The molecule has 29 heavy (non-hydrogen) atoms. The van der Waals surface area contributed by atoms with Crippen LogP contribution in [0.1, 0.15) is 36.4 Å². The van der Waals surface area contributed by atoms with Crippen molar-refractivity contribution in [3.05, 3.63) is 72.1 Å². The highest BCUT2D eigenvalue weighted by molar-refractivity contribution is 5.76. The van der Waals surface area contributed by atoms with Gasteiger partial charge in [-0.1, -0.05) is 30.3 Å². The van der Waals surface area contributed by atoms with Gasteiger partial charge in [0.1, 0.15) is 0 Å². The second kappa shape index (κ2) is 7.10. The van der Waals surface area contributed by atoms with Crippen LogP contribution >= 0.6 is 0 Å². The van der Waals surface area contributed by atoms with Gasteiger partial charge >= 0.3 is 6.03 Å². The Morgan fingerprint density at radius 3 is 2.66 bits per heavy atom. The largest absolute Gasteiger partial charge is 0.332 e. The number of urea groups is 1. The molecule has 1 saturated carbocycles. The zero-order valence-corrected chi connectivity index (χ0v) is 16.1. The number of likely N-dealkylation sites (tertiary alicyclic amines) is 1. The minimum Gasteiger partial charge on any atom is -0.332 e. The number of hydrogen-bond donors (Lipinski definition) is 1. The first-order valence-electron chi connectivity index (χ1n) is 10.1. The van der Waals surface area contributed by atoms with Crippen molar-refractivity contribution < 1.29 is 9.18 Å². The van der Waals surface area contributed by atoms with Crippen molar-refractivity contribution in [2.45, 2.75) is 36.9 Å². The fraction of sp³-hybridized carbons (Fsp3) is 0.348. The average Bonchev–Trinajstić information content (AvgIpc) is 3.44. The SMILES string of the molecule is O=C(NC1CC1(F)c1ccccc1)N1CCC(c2ccc3cccnc3n2)CC1. The van der Waals surface area contributed by atoms with E-state index < -0.39 is 11.7 Å². The Morgan fingerprint density at radius 2 is 1.86 bits per heavy atom. The zero-order valence-electron chi connectivity index (χ0n) is 16.1. The second-order valence-corrected chi connectivity index (χ2v) is 7.98. The fourth-order valence-electron chi connectivity index (χ4n) is 4.25. The topological polar surface area (TPSA) is 58.1 Å². The van der Waals surface area contributed by atoms with Crippen molar-refractivity contribution in [1.29, 1.82) is 0 Å². The highest BCUT2D eigenvalue weighted by atomic mass is 19.1. The lowest BCUT2D eigenvalue weighted by Gasteiger charge is -2.32. The van der Waals surface area contributed by atoms with E-state index in [0.717, 1.165) is 29.6 Å². The maximum Gasteiger partial charge on any atom is 0.317 e. The molecule has 3 aromatic rings. The van der Waals surface area contributed by atoms with Gasteiger partial charge in [-0.2, -0.15) is 0 Å². The number of rotatable bonds is 3. The van der Waals surface area contributed by atoms with Crippen LogP contribution in [-0.2, 0) is 5.67 Å². The summed E-state index contributed by atoms with van der Waals surface area (Å²) in [6.45, 7) is 1.30. The first kappa shape index (κ1) is 18.0. The smallest absolute Gasteiger partial charge is 0.317 e. The Morgan fingerprint density at radius 1 is 1.07 bits per heavy atom. The van der Waals surface area contributed by atoms with E-state index in [-0.39, 0.29) is 6.03 Å². The Labute approximate surface area is 169 Å². The maximum atomic E-state index is 15.0. The monoisotopic (exact) mass is 390 g/mol. The molecule has 6 heteroatoms. The molecule has 0 spiro atoms. The Hall–Kier alpha value is -3.02.